The Hall–Kier alpha value is -0.360. The monoisotopic (exact) mass is 259 g/mol. The molecule has 1 nitrogen and oxygen atoms in total. The van der Waals surface area contributed by atoms with Gasteiger partial charge in [-0.1, -0.05) is 30.1 Å². The van der Waals surface area contributed by atoms with E-state index in [0.717, 1.165) is 11.3 Å². The minimum Gasteiger partial charge on any atom is -0.198 e. The van der Waals surface area contributed by atoms with Crippen LogP contribution in [0, 0.1) is 11.3 Å². The molecule has 1 aromatic carbocycles. The van der Waals surface area contributed by atoms with Gasteiger partial charge in [0.05, 0.1) is 11.1 Å². The fourth-order valence-corrected chi connectivity index (χ4v) is 2.67. The number of rotatable bonds is 4. The van der Waals surface area contributed by atoms with Crippen molar-refractivity contribution in [2.24, 2.45) is 0 Å². The lowest BCUT2D eigenvalue weighted by atomic mass is 10.3. The van der Waals surface area contributed by atoms with Crippen molar-refractivity contribution in [3.05, 3.63) is 28.2 Å². The third kappa shape index (κ3) is 3.95. The van der Waals surface area contributed by atoms with Crippen molar-refractivity contribution in [1.82, 2.24) is 0 Å². The fraction of sp³-hybridized carbons (Fsp3) is 0.364. The van der Waals surface area contributed by atoms with Crippen LogP contribution in [0.15, 0.2) is 23.1 Å². The lowest BCUT2D eigenvalue weighted by molar-refractivity contribution is 0.842. The van der Waals surface area contributed by atoms with Gasteiger partial charge in [-0.25, -0.2) is 0 Å². The van der Waals surface area contributed by atoms with Gasteiger partial charge in [0.1, 0.15) is 0 Å². The van der Waals surface area contributed by atoms with Gasteiger partial charge in [0.2, 0.25) is 0 Å². The predicted molar refractivity (Wildman–Crippen MR) is 66.6 cm³/mol. The Bertz CT molecular complexity index is 373. The summed E-state index contributed by atoms with van der Waals surface area (Å²) in [5.74, 6) is 0. The number of nitrogens with zero attached hydrogens (tertiary/aromatic N) is 1. The first-order chi connectivity index (χ1) is 7.17. The number of hydrogen-bond acceptors (Lipinski definition) is 2. The lowest BCUT2D eigenvalue weighted by Crippen LogP contribution is -1.98. The maximum absolute atomic E-state index is 8.65. The second-order valence-corrected chi connectivity index (χ2v) is 5.27. The second kappa shape index (κ2) is 6.27. The van der Waals surface area contributed by atoms with Gasteiger partial charge in [-0.3, -0.25) is 0 Å². The molecular formula is C11H11Cl2NS. The van der Waals surface area contributed by atoms with Gasteiger partial charge >= 0.3 is 0 Å². The zero-order chi connectivity index (χ0) is 11.3. The molecule has 1 unspecified atom stereocenters. The average Bonchev–Trinajstić information content (AvgIpc) is 2.22. The molecule has 0 bridgehead atoms. The zero-order valence-corrected chi connectivity index (χ0v) is 10.7. The molecule has 0 aliphatic rings. The first kappa shape index (κ1) is 12.7. The number of hydrogen-bond donors (Lipinski definition) is 0. The van der Waals surface area contributed by atoms with E-state index < -0.39 is 0 Å². The zero-order valence-electron chi connectivity index (χ0n) is 8.34. The molecule has 0 saturated carbocycles. The van der Waals surface area contributed by atoms with Gasteiger partial charge in [0, 0.05) is 21.6 Å². The molecule has 0 amide bonds. The van der Waals surface area contributed by atoms with Crippen LogP contribution in [0.2, 0.25) is 10.0 Å². The first-order valence-electron chi connectivity index (χ1n) is 4.66. The molecule has 1 rings (SSSR count). The molecular weight excluding hydrogens is 249 g/mol. The molecule has 0 radical (unpaired) electrons. The summed E-state index contributed by atoms with van der Waals surface area (Å²) in [6.07, 6.45) is 1.48. The lowest BCUT2D eigenvalue weighted by Gasteiger charge is -2.11. The molecule has 1 aromatic rings. The Labute approximate surface area is 104 Å². The molecule has 0 aliphatic carbocycles. The molecule has 0 heterocycles. The van der Waals surface area contributed by atoms with Gasteiger partial charge in [-0.05, 0) is 24.6 Å². The SMILES string of the molecule is CCC(CC#N)Sc1cc(Cl)ccc1Cl. The molecule has 0 saturated heterocycles. The highest BCUT2D eigenvalue weighted by Gasteiger charge is 2.10. The van der Waals surface area contributed by atoms with E-state index >= 15 is 0 Å². The van der Waals surface area contributed by atoms with E-state index in [0.29, 0.717) is 16.5 Å². The highest BCUT2D eigenvalue weighted by atomic mass is 35.5. The summed E-state index contributed by atoms with van der Waals surface area (Å²) in [6, 6.07) is 7.56. The number of thioether (sulfide) groups is 1. The fourth-order valence-electron chi connectivity index (χ4n) is 1.12. The maximum Gasteiger partial charge on any atom is 0.0633 e. The minimum absolute atomic E-state index is 0.283. The van der Waals surface area contributed by atoms with Crippen LogP contribution in [0.25, 0.3) is 0 Å². The van der Waals surface area contributed by atoms with Gasteiger partial charge in [0.25, 0.3) is 0 Å². The smallest absolute Gasteiger partial charge is 0.0633 e. The molecule has 15 heavy (non-hydrogen) atoms. The van der Waals surface area contributed by atoms with Crippen molar-refractivity contribution in [3.8, 4) is 6.07 Å². The van der Waals surface area contributed by atoms with Crippen molar-refractivity contribution in [2.45, 2.75) is 29.9 Å². The Balaban J connectivity index is 2.78. The first-order valence-corrected chi connectivity index (χ1v) is 6.29. The molecule has 80 valence electrons. The molecule has 0 fully saturated rings. The number of halogens is 2. The van der Waals surface area contributed by atoms with E-state index in [2.05, 4.69) is 13.0 Å². The molecule has 0 N–H and O–H groups in total. The van der Waals surface area contributed by atoms with Crippen molar-refractivity contribution in [3.63, 3.8) is 0 Å². The topological polar surface area (TPSA) is 23.8 Å². The summed E-state index contributed by atoms with van der Waals surface area (Å²) in [5.41, 5.74) is 0. The van der Waals surface area contributed by atoms with Gasteiger partial charge < -0.3 is 0 Å². The summed E-state index contributed by atoms with van der Waals surface area (Å²) in [7, 11) is 0. The van der Waals surface area contributed by atoms with Crippen LogP contribution in [0.1, 0.15) is 19.8 Å². The maximum atomic E-state index is 8.65. The Morgan fingerprint density at radius 1 is 1.47 bits per heavy atom. The molecule has 0 aliphatic heterocycles. The summed E-state index contributed by atoms with van der Waals surface area (Å²) in [5, 5.41) is 10.3. The standard InChI is InChI=1S/C11H11Cl2NS/c1-2-9(5-6-14)15-11-7-8(12)3-4-10(11)13/h3-4,7,9H,2,5H2,1H3. The van der Waals surface area contributed by atoms with Gasteiger partial charge in [-0.15, -0.1) is 11.8 Å². The summed E-state index contributed by atoms with van der Waals surface area (Å²) in [4.78, 5) is 0.950. The van der Waals surface area contributed by atoms with Crippen LogP contribution in [0.3, 0.4) is 0 Å². The van der Waals surface area contributed by atoms with Crippen LogP contribution in [-0.4, -0.2) is 5.25 Å². The predicted octanol–water partition coefficient (Wildman–Crippen LogP) is 4.78. The third-order valence-electron chi connectivity index (χ3n) is 1.96. The summed E-state index contributed by atoms with van der Waals surface area (Å²) >= 11 is 13.5. The van der Waals surface area contributed by atoms with Crippen LogP contribution in [-0.2, 0) is 0 Å². The van der Waals surface area contributed by atoms with Crippen LogP contribution < -0.4 is 0 Å². The normalized spacial score (nSPS) is 12.1. The highest BCUT2D eigenvalue weighted by molar-refractivity contribution is 8.00. The van der Waals surface area contributed by atoms with Crippen molar-refractivity contribution < 1.29 is 0 Å². The average molecular weight is 260 g/mol. The van der Waals surface area contributed by atoms with E-state index in [-0.39, 0.29) is 5.25 Å². The van der Waals surface area contributed by atoms with E-state index in [9.17, 15) is 0 Å². The van der Waals surface area contributed by atoms with E-state index in [1.54, 1.807) is 23.9 Å². The van der Waals surface area contributed by atoms with Crippen LogP contribution in [0.5, 0.6) is 0 Å². The Morgan fingerprint density at radius 2 is 2.20 bits per heavy atom. The van der Waals surface area contributed by atoms with Gasteiger partial charge in [-0.2, -0.15) is 5.26 Å². The van der Waals surface area contributed by atoms with E-state index in [1.807, 2.05) is 6.07 Å². The Kier molecular flexibility index (Phi) is 5.31. The number of nitriles is 1. The highest BCUT2D eigenvalue weighted by Crippen LogP contribution is 2.34. The van der Waals surface area contributed by atoms with Crippen molar-refractivity contribution >= 4 is 35.0 Å². The van der Waals surface area contributed by atoms with Crippen LogP contribution >= 0.6 is 35.0 Å². The number of benzene rings is 1. The summed E-state index contributed by atoms with van der Waals surface area (Å²) in [6.45, 7) is 2.06. The molecule has 4 heteroatoms. The van der Waals surface area contributed by atoms with E-state index in [4.69, 9.17) is 28.5 Å². The van der Waals surface area contributed by atoms with Gasteiger partial charge in [0.15, 0.2) is 0 Å². The Morgan fingerprint density at radius 3 is 2.80 bits per heavy atom. The summed E-state index contributed by atoms with van der Waals surface area (Å²) < 4.78 is 0. The largest absolute Gasteiger partial charge is 0.198 e. The van der Waals surface area contributed by atoms with Crippen molar-refractivity contribution in [1.29, 1.82) is 5.26 Å². The van der Waals surface area contributed by atoms with E-state index in [1.165, 1.54) is 0 Å². The van der Waals surface area contributed by atoms with Crippen molar-refractivity contribution in [2.75, 3.05) is 0 Å². The molecule has 0 aromatic heterocycles. The minimum atomic E-state index is 0.283. The third-order valence-corrected chi connectivity index (χ3v) is 4.06. The second-order valence-electron chi connectivity index (χ2n) is 3.09. The molecule has 0 spiro atoms. The molecule has 1 atom stereocenters. The van der Waals surface area contributed by atoms with Crippen LogP contribution in [0.4, 0.5) is 0 Å². The quantitative estimate of drug-likeness (QED) is 0.727.